The summed E-state index contributed by atoms with van der Waals surface area (Å²) in [4.78, 5) is 55.8. The molecule has 2 bridgehead atoms. The number of aliphatic hydroxyl groups excluding tert-OH is 2. The van der Waals surface area contributed by atoms with E-state index in [9.17, 15) is 33.9 Å². The first kappa shape index (κ1) is 30.2. The van der Waals surface area contributed by atoms with Crippen LogP contribution in [0.2, 0.25) is 0 Å². The highest BCUT2D eigenvalue weighted by atomic mass is 31.2. The monoisotopic (exact) mass is 674 g/mol. The van der Waals surface area contributed by atoms with Crippen molar-refractivity contribution in [2.75, 3.05) is 24.7 Å². The number of aliphatic hydroxyl groups is 2. The molecule has 3 aliphatic heterocycles. The van der Waals surface area contributed by atoms with E-state index in [1.807, 2.05) is 0 Å². The first-order valence-electron chi connectivity index (χ1n) is 13.0. The Morgan fingerprint density at radius 1 is 0.844 bits per heavy atom. The van der Waals surface area contributed by atoms with E-state index >= 15 is 0 Å². The summed E-state index contributed by atoms with van der Waals surface area (Å²) in [7, 11) is -10.2. The van der Waals surface area contributed by atoms with Gasteiger partial charge in [0.15, 0.2) is 29.3 Å². The molecule has 10 atom stereocenters. The van der Waals surface area contributed by atoms with E-state index in [1.165, 1.54) is 17.1 Å². The second-order valence-corrected chi connectivity index (χ2v) is 13.0. The molecule has 25 heteroatoms. The zero-order chi connectivity index (χ0) is 31.8. The SMILES string of the molecule is Nc1ncc2ncn([C@@H]3O[C@@H]4COP(=O)(O)O[C@@H]5[C@H](O)[C@@H](COP(=O)(O)O[C@H]4[C@H]3O)O[C@H]5n3cnc4c(=O)[nH]c(N)nc43)c2n1. The number of hydrogen-bond donors (Lipinski definition) is 7. The Labute approximate surface area is 248 Å². The molecule has 45 heavy (non-hydrogen) atoms. The molecular weight excluding hydrogens is 650 g/mol. The zero-order valence-corrected chi connectivity index (χ0v) is 24.2. The normalized spacial score (nSPS) is 37.7. The molecule has 2 unspecified atom stereocenters. The minimum Gasteiger partial charge on any atom is -0.387 e. The molecule has 3 aliphatic rings. The molecule has 0 aliphatic carbocycles. The fraction of sp³-hybridized carbons (Fsp3) is 0.500. The molecule has 4 aromatic rings. The van der Waals surface area contributed by atoms with E-state index in [1.54, 1.807) is 0 Å². The summed E-state index contributed by atoms with van der Waals surface area (Å²) in [5, 5.41) is 22.1. The number of nitrogens with two attached hydrogens (primary N) is 2. The van der Waals surface area contributed by atoms with Gasteiger partial charge in [0, 0.05) is 0 Å². The predicted octanol–water partition coefficient (Wildman–Crippen LogP) is -2.34. The lowest BCUT2D eigenvalue weighted by molar-refractivity contribution is -0.0672. The van der Waals surface area contributed by atoms with Gasteiger partial charge < -0.3 is 40.9 Å². The highest BCUT2D eigenvalue weighted by molar-refractivity contribution is 7.47. The van der Waals surface area contributed by atoms with Crippen LogP contribution in [0.1, 0.15) is 12.5 Å². The quantitative estimate of drug-likeness (QED) is 0.109. The van der Waals surface area contributed by atoms with Crippen LogP contribution >= 0.6 is 15.6 Å². The number of aromatic nitrogens is 8. The van der Waals surface area contributed by atoms with Crippen LogP contribution < -0.4 is 17.0 Å². The van der Waals surface area contributed by atoms with Crippen LogP contribution in [0.5, 0.6) is 0 Å². The first-order valence-corrected chi connectivity index (χ1v) is 16.0. The van der Waals surface area contributed by atoms with Crippen LogP contribution in [0.3, 0.4) is 0 Å². The smallest absolute Gasteiger partial charge is 0.387 e. The second-order valence-electron chi connectivity index (χ2n) is 10.1. The third-order valence-electron chi connectivity index (χ3n) is 7.27. The van der Waals surface area contributed by atoms with Crippen molar-refractivity contribution in [3.63, 3.8) is 0 Å². The third-order valence-corrected chi connectivity index (χ3v) is 9.24. The molecule has 0 spiro atoms. The fourth-order valence-electron chi connectivity index (χ4n) is 5.27. The van der Waals surface area contributed by atoms with Crippen molar-refractivity contribution in [3.05, 3.63) is 29.2 Å². The average molecular weight is 674 g/mol. The van der Waals surface area contributed by atoms with Gasteiger partial charge in [0.1, 0.15) is 42.1 Å². The molecule has 0 saturated carbocycles. The number of nitrogens with zero attached hydrogens (tertiary/aromatic N) is 7. The van der Waals surface area contributed by atoms with E-state index < -0.39 is 83.5 Å². The Balaban J connectivity index is 1.21. The van der Waals surface area contributed by atoms with E-state index in [0.29, 0.717) is 0 Å². The number of imidazole rings is 2. The third kappa shape index (κ3) is 5.41. The summed E-state index contributed by atoms with van der Waals surface area (Å²) in [6, 6.07) is 0. The molecule has 0 aromatic carbocycles. The van der Waals surface area contributed by atoms with Crippen molar-refractivity contribution in [2.45, 2.75) is 49.1 Å². The number of H-pyrrole nitrogens is 1. The van der Waals surface area contributed by atoms with Gasteiger partial charge in [-0.15, -0.1) is 0 Å². The van der Waals surface area contributed by atoms with Crippen LogP contribution in [0.25, 0.3) is 22.3 Å². The maximum Gasteiger partial charge on any atom is 0.472 e. The second kappa shape index (κ2) is 10.8. The largest absolute Gasteiger partial charge is 0.472 e. The molecule has 3 saturated heterocycles. The highest BCUT2D eigenvalue weighted by Crippen LogP contribution is 2.53. The van der Waals surface area contributed by atoms with Crippen molar-refractivity contribution in [1.29, 1.82) is 0 Å². The summed E-state index contributed by atoms with van der Waals surface area (Å²) in [5.41, 5.74) is 10.7. The molecule has 0 radical (unpaired) electrons. The molecule has 7 heterocycles. The van der Waals surface area contributed by atoms with Crippen LogP contribution in [0.15, 0.2) is 23.6 Å². The maximum atomic E-state index is 13.2. The molecule has 3 fully saturated rings. The maximum absolute atomic E-state index is 13.2. The number of fused-ring (bicyclic) bond motifs is 5. The number of hydrogen-bond acceptors (Lipinski definition) is 18. The van der Waals surface area contributed by atoms with Crippen LogP contribution in [-0.4, -0.2) is 109 Å². The molecule has 23 nitrogen and oxygen atoms in total. The summed E-state index contributed by atoms with van der Waals surface area (Å²) < 4.78 is 61.0. The minimum atomic E-state index is -5.11. The lowest BCUT2D eigenvalue weighted by atomic mass is 10.1. The number of rotatable bonds is 2. The van der Waals surface area contributed by atoms with Crippen molar-refractivity contribution < 1.29 is 56.7 Å². The van der Waals surface area contributed by atoms with E-state index in [-0.39, 0.29) is 34.2 Å². The van der Waals surface area contributed by atoms with E-state index in [2.05, 4.69) is 29.9 Å². The lowest BCUT2D eigenvalue weighted by Crippen LogP contribution is -2.36. The number of nitrogens with one attached hydrogen (secondary N) is 1. The number of phosphoric ester groups is 2. The van der Waals surface area contributed by atoms with Gasteiger partial charge in [-0.2, -0.15) is 9.97 Å². The van der Waals surface area contributed by atoms with Gasteiger partial charge in [0.25, 0.3) is 5.56 Å². The van der Waals surface area contributed by atoms with Crippen LogP contribution in [0.4, 0.5) is 11.9 Å². The van der Waals surface area contributed by atoms with Crippen LogP contribution in [-0.2, 0) is 36.7 Å². The van der Waals surface area contributed by atoms with Crippen LogP contribution in [0, 0.1) is 0 Å². The Morgan fingerprint density at radius 2 is 1.49 bits per heavy atom. The number of nitrogen functional groups attached to an aromatic ring is 2. The van der Waals surface area contributed by atoms with Crippen molar-refractivity contribution >= 4 is 49.9 Å². The van der Waals surface area contributed by atoms with Crippen molar-refractivity contribution in [2.24, 2.45) is 0 Å². The Kier molecular flexibility index (Phi) is 7.27. The van der Waals surface area contributed by atoms with Gasteiger partial charge >= 0.3 is 15.6 Å². The Bertz CT molecular complexity index is 1940. The molecule has 9 N–H and O–H groups in total. The van der Waals surface area contributed by atoms with Gasteiger partial charge in [0.05, 0.1) is 32.1 Å². The van der Waals surface area contributed by atoms with Gasteiger partial charge in [0.2, 0.25) is 11.9 Å². The summed E-state index contributed by atoms with van der Waals surface area (Å²) in [6.07, 6.45) is -9.01. The molecule has 0 amide bonds. The first-order chi connectivity index (χ1) is 21.3. The molecule has 4 aromatic heterocycles. The Morgan fingerprint density at radius 3 is 2.24 bits per heavy atom. The summed E-state index contributed by atoms with van der Waals surface area (Å²) in [6.45, 7) is -1.65. The lowest BCUT2D eigenvalue weighted by Gasteiger charge is -2.25. The highest BCUT2D eigenvalue weighted by Gasteiger charge is 2.54. The number of phosphoric acid groups is 2. The average Bonchev–Trinajstić information content (AvgIpc) is 3.72. The minimum absolute atomic E-state index is 0.113. The van der Waals surface area contributed by atoms with Gasteiger partial charge in [-0.05, 0) is 0 Å². The summed E-state index contributed by atoms with van der Waals surface area (Å²) >= 11 is 0. The van der Waals surface area contributed by atoms with Gasteiger partial charge in [-0.3, -0.25) is 37.0 Å². The summed E-state index contributed by atoms with van der Waals surface area (Å²) in [5.74, 6) is -0.398. The molecule has 7 rings (SSSR count). The van der Waals surface area contributed by atoms with Crippen molar-refractivity contribution in [3.8, 4) is 0 Å². The topological polar surface area (TPSA) is 330 Å². The van der Waals surface area contributed by atoms with E-state index in [0.717, 1.165) is 10.9 Å². The standard InChI is InChI=1S/C20H24N10O13P2/c21-19-23-1-6-14(26-19)29(4-24-6)17-11(32)12-8(41-17)3-39-45(36,37)43-13-10(31)7(2-38-44(34,35)42-12)40-18(13)30-5-25-9-15(30)27-20(22)28-16(9)33/h1,4-5,7-8,10-13,17-18,31-32H,2-3H2,(H,34,35)(H,36,37)(H2,21,23,26)(H3,22,27,28,33)/t7-,8-,10-,11-,12-,13-,17-,18-/m1/s1. The zero-order valence-electron chi connectivity index (χ0n) is 22.4. The van der Waals surface area contributed by atoms with E-state index in [4.69, 9.17) is 39.0 Å². The van der Waals surface area contributed by atoms with Gasteiger partial charge in [-0.1, -0.05) is 0 Å². The molecular formula is C20H24N10O13P2. The fourth-order valence-corrected chi connectivity index (χ4v) is 7.16. The Hall–Kier alpha value is -3.44. The number of ether oxygens (including phenoxy) is 2. The molecule has 242 valence electrons. The predicted molar refractivity (Wildman–Crippen MR) is 143 cm³/mol. The number of anilines is 2. The van der Waals surface area contributed by atoms with Gasteiger partial charge in [-0.25, -0.2) is 24.1 Å². The van der Waals surface area contributed by atoms with Crippen molar-refractivity contribution in [1.82, 2.24) is 39.0 Å². The number of aromatic amines is 1.